The summed E-state index contributed by atoms with van der Waals surface area (Å²) < 4.78 is 1.13. The lowest BCUT2D eigenvalue weighted by atomic mass is 10.2. The Balaban J connectivity index is 2.02. The minimum absolute atomic E-state index is 0.0211. The quantitative estimate of drug-likeness (QED) is 0.668. The first-order chi connectivity index (χ1) is 13.4. The van der Waals surface area contributed by atoms with Gasteiger partial charge in [0.1, 0.15) is 5.56 Å². The van der Waals surface area contributed by atoms with Gasteiger partial charge in [-0.3, -0.25) is 19.3 Å². The van der Waals surface area contributed by atoms with Gasteiger partial charge in [-0.05, 0) is 36.8 Å². The van der Waals surface area contributed by atoms with Gasteiger partial charge in [-0.1, -0.05) is 30.3 Å². The Bertz CT molecular complexity index is 1110. The largest absolute Gasteiger partial charge is 0.494 e. The fourth-order valence-electron chi connectivity index (χ4n) is 2.87. The second-order valence-electron chi connectivity index (χ2n) is 6.64. The molecule has 7 heteroatoms. The Morgan fingerprint density at radius 2 is 1.71 bits per heavy atom. The zero-order valence-corrected chi connectivity index (χ0v) is 16.0. The second kappa shape index (κ2) is 7.96. The molecule has 1 aromatic heterocycles. The number of hydrogen-bond donors (Lipinski definition) is 2. The molecule has 0 fully saturated rings. The van der Waals surface area contributed by atoms with Crippen molar-refractivity contribution in [2.75, 3.05) is 19.0 Å². The van der Waals surface area contributed by atoms with E-state index in [0.717, 1.165) is 15.8 Å². The van der Waals surface area contributed by atoms with Crippen molar-refractivity contribution in [1.29, 1.82) is 0 Å². The monoisotopic (exact) mass is 378 g/mol. The third kappa shape index (κ3) is 4.03. The fraction of sp³-hybridized carbons (Fsp3) is 0.190. The fourth-order valence-corrected chi connectivity index (χ4v) is 2.87. The van der Waals surface area contributed by atoms with Gasteiger partial charge in [-0.15, -0.1) is 0 Å². The Morgan fingerprint density at radius 1 is 1.07 bits per heavy atom. The number of rotatable bonds is 5. The lowest BCUT2D eigenvalue weighted by molar-refractivity contribution is 0.408. The number of aromatic hydroxyl groups is 1. The van der Waals surface area contributed by atoms with Gasteiger partial charge in [0, 0.05) is 19.8 Å². The Labute approximate surface area is 162 Å². The predicted octanol–water partition coefficient (Wildman–Crippen LogP) is 2.50. The summed E-state index contributed by atoms with van der Waals surface area (Å²) in [4.78, 5) is 33.2. The average molecular weight is 378 g/mol. The molecule has 144 valence electrons. The summed E-state index contributed by atoms with van der Waals surface area (Å²) >= 11 is 0. The van der Waals surface area contributed by atoms with Crippen molar-refractivity contribution < 1.29 is 5.11 Å². The summed E-state index contributed by atoms with van der Waals surface area (Å²) in [5, 5.41) is 10.6. The first kappa shape index (κ1) is 19.2. The Hall–Kier alpha value is -3.61. The maximum Gasteiger partial charge on any atom is 0.331 e. The molecule has 0 bridgehead atoms. The zero-order chi connectivity index (χ0) is 20.3. The Morgan fingerprint density at radius 3 is 2.32 bits per heavy atom. The Kier molecular flexibility index (Phi) is 5.44. The van der Waals surface area contributed by atoms with Crippen molar-refractivity contribution in [3.63, 3.8) is 0 Å². The molecule has 0 radical (unpaired) electrons. The van der Waals surface area contributed by atoms with E-state index in [1.54, 1.807) is 6.92 Å². The van der Waals surface area contributed by atoms with E-state index < -0.39 is 17.1 Å². The highest BCUT2D eigenvalue weighted by Crippen LogP contribution is 2.20. The van der Waals surface area contributed by atoms with Gasteiger partial charge in [-0.2, -0.15) is 0 Å². The molecule has 2 aromatic carbocycles. The number of anilines is 1. The van der Waals surface area contributed by atoms with Crippen LogP contribution < -0.4 is 16.1 Å². The maximum absolute atomic E-state index is 12.3. The van der Waals surface area contributed by atoms with Crippen molar-refractivity contribution in [3.8, 4) is 5.88 Å². The molecule has 0 amide bonds. The number of nitrogens with zero attached hydrogens (tertiary/aromatic N) is 3. The summed E-state index contributed by atoms with van der Waals surface area (Å²) in [5.41, 5.74) is 1.45. The molecule has 7 nitrogen and oxygen atoms in total. The minimum Gasteiger partial charge on any atom is -0.494 e. The highest BCUT2D eigenvalue weighted by atomic mass is 16.3. The van der Waals surface area contributed by atoms with E-state index in [-0.39, 0.29) is 12.1 Å². The number of aliphatic imine (C=N–C) groups is 1. The van der Waals surface area contributed by atoms with E-state index in [0.29, 0.717) is 11.4 Å². The maximum atomic E-state index is 12.3. The molecule has 1 heterocycles. The molecule has 0 saturated carbocycles. The highest BCUT2D eigenvalue weighted by molar-refractivity contribution is 6.01. The third-order valence-corrected chi connectivity index (χ3v) is 4.38. The zero-order valence-electron chi connectivity index (χ0n) is 16.0. The molecule has 0 unspecified atom stereocenters. The normalized spacial score (nSPS) is 11.5. The lowest BCUT2D eigenvalue weighted by Gasteiger charge is -2.13. The van der Waals surface area contributed by atoms with Crippen molar-refractivity contribution in [2.45, 2.75) is 13.5 Å². The van der Waals surface area contributed by atoms with E-state index >= 15 is 0 Å². The van der Waals surface area contributed by atoms with Crippen molar-refractivity contribution >= 4 is 17.1 Å². The summed E-state index contributed by atoms with van der Waals surface area (Å²) in [6.07, 6.45) is 0. The number of H-pyrrole nitrogens is 1. The number of aromatic nitrogens is 2. The number of benzene rings is 2. The van der Waals surface area contributed by atoms with Gasteiger partial charge >= 0.3 is 5.69 Å². The molecule has 3 aromatic rings. The van der Waals surface area contributed by atoms with Crippen molar-refractivity contribution in [1.82, 2.24) is 9.55 Å². The first-order valence-corrected chi connectivity index (χ1v) is 8.80. The average Bonchev–Trinajstić information content (AvgIpc) is 2.66. The molecule has 2 N–H and O–H groups in total. The summed E-state index contributed by atoms with van der Waals surface area (Å²) in [6, 6.07) is 16.7. The molecule has 0 aliphatic carbocycles. The highest BCUT2D eigenvalue weighted by Gasteiger charge is 2.17. The van der Waals surface area contributed by atoms with Gasteiger partial charge in [0.05, 0.1) is 17.9 Å². The molecule has 0 saturated heterocycles. The van der Waals surface area contributed by atoms with Crippen LogP contribution in [0.25, 0.3) is 0 Å². The SMILES string of the molecule is CC(=Nc1ccc(N(C)C)cc1)c1c(O)n(Cc2ccccc2)c(=O)[nH]c1=O. The van der Waals surface area contributed by atoms with Crippen molar-refractivity contribution in [2.24, 2.45) is 4.99 Å². The minimum atomic E-state index is -0.669. The molecule has 0 spiro atoms. The van der Waals surface area contributed by atoms with Crippen LogP contribution in [0.5, 0.6) is 5.88 Å². The molecule has 0 aliphatic heterocycles. The predicted molar refractivity (Wildman–Crippen MR) is 111 cm³/mol. The van der Waals surface area contributed by atoms with Crippen LogP contribution >= 0.6 is 0 Å². The van der Waals surface area contributed by atoms with Crippen LogP contribution in [0, 0.1) is 0 Å². The molecule has 28 heavy (non-hydrogen) atoms. The third-order valence-electron chi connectivity index (χ3n) is 4.38. The topological polar surface area (TPSA) is 90.7 Å². The number of hydrogen-bond acceptors (Lipinski definition) is 5. The van der Waals surface area contributed by atoms with E-state index in [1.807, 2.05) is 73.6 Å². The molecular formula is C21H22N4O3. The van der Waals surface area contributed by atoms with Crippen LogP contribution in [0.15, 0.2) is 69.2 Å². The van der Waals surface area contributed by atoms with Gasteiger partial charge < -0.3 is 10.0 Å². The summed E-state index contributed by atoms with van der Waals surface area (Å²) in [6.45, 7) is 1.77. The lowest BCUT2D eigenvalue weighted by Crippen LogP contribution is -2.33. The van der Waals surface area contributed by atoms with Crippen LogP contribution in [-0.4, -0.2) is 34.5 Å². The van der Waals surface area contributed by atoms with E-state index in [1.165, 1.54) is 0 Å². The molecule has 0 aliphatic rings. The van der Waals surface area contributed by atoms with Crippen LogP contribution in [0.1, 0.15) is 18.1 Å². The van der Waals surface area contributed by atoms with Gasteiger partial charge in [-0.25, -0.2) is 4.79 Å². The standard InChI is InChI=1S/C21H22N4O3/c1-14(22-16-9-11-17(12-10-16)24(2)3)18-19(26)23-21(28)25(20(18)27)13-15-7-5-4-6-8-15/h4-12,27H,13H2,1-3H3,(H,23,26,28). The van der Waals surface area contributed by atoms with Crippen molar-refractivity contribution in [3.05, 3.63) is 86.6 Å². The van der Waals surface area contributed by atoms with Gasteiger partial charge in [0.2, 0.25) is 5.88 Å². The van der Waals surface area contributed by atoms with Crippen LogP contribution in [0.4, 0.5) is 11.4 Å². The van der Waals surface area contributed by atoms with Gasteiger partial charge in [0.15, 0.2) is 0 Å². The molecular weight excluding hydrogens is 356 g/mol. The van der Waals surface area contributed by atoms with E-state index in [9.17, 15) is 14.7 Å². The van der Waals surface area contributed by atoms with E-state index in [4.69, 9.17) is 0 Å². The second-order valence-corrected chi connectivity index (χ2v) is 6.64. The molecule has 0 atom stereocenters. The molecule has 3 rings (SSSR count). The summed E-state index contributed by atoms with van der Waals surface area (Å²) in [7, 11) is 3.88. The smallest absolute Gasteiger partial charge is 0.331 e. The summed E-state index contributed by atoms with van der Waals surface area (Å²) in [5.74, 6) is -0.399. The van der Waals surface area contributed by atoms with Crippen LogP contribution in [-0.2, 0) is 6.54 Å². The van der Waals surface area contributed by atoms with Crippen LogP contribution in [0.2, 0.25) is 0 Å². The first-order valence-electron chi connectivity index (χ1n) is 8.80. The number of aromatic amines is 1. The van der Waals surface area contributed by atoms with E-state index in [2.05, 4.69) is 9.98 Å². The number of nitrogens with one attached hydrogen (secondary N) is 1. The van der Waals surface area contributed by atoms with Gasteiger partial charge in [0.25, 0.3) is 5.56 Å². The van der Waals surface area contributed by atoms with Crippen LogP contribution in [0.3, 0.4) is 0 Å².